The molecule has 5 nitrogen and oxygen atoms in total. The Labute approximate surface area is 183 Å². The molecule has 3 aromatic rings. The van der Waals surface area contributed by atoms with Gasteiger partial charge in [-0.05, 0) is 47.4 Å². The van der Waals surface area contributed by atoms with Gasteiger partial charge >= 0.3 is 0 Å². The van der Waals surface area contributed by atoms with Gasteiger partial charge in [0.25, 0.3) is 5.91 Å². The Hall–Kier alpha value is -3.47. The zero-order valence-electron chi connectivity index (χ0n) is 17.8. The quantitative estimate of drug-likeness (QED) is 0.613. The van der Waals surface area contributed by atoms with E-state index in [4.69, 9.17) is 0 Å². The van der Waals surface area contributed by atoms with Gasteiger partial charge in [0.05, 0.1) is 0 Å². The third kappa shape index (κ3) is 4.50. The minimum absolute atomic E-state index is 0.0295. The van der Waals surface area contributed by atoms with Crippen molar-refractivity contribution in [1.82, 2.24) is 14.8 Å². The number of nitrogens with zero attached hydrogens (tertiary/aromatic N) is 3. The number of rotatable bonds is 6. The Balaban J connectivity index is 1.68. The van der Waals surface area contributed by atoms with Crippen molar-refractivity contribution in [2.45, 2.75) is 25.8 Å². The Kier molecular flexibility index (Phi) is 6.41. The van der Waals surface area contributed by atoms with Gasteiger partial charge in [-0.2, -0.15) is 0 Å². The highest BCUT2D eigenvalue weighted by Crippen LogP contribution is 2.27. The van der Waals surface area contributed by atoms with Crippen LogP contribution < -0.4 is 0 Å². The summed E-state index contributed by atoms with van der Waals surface area (Å²) in [4.78, 5) is 34.5. The Bertz CT molecular complexity index is 1040. The molecule has 0 spiro atoms. The average molecular weight is 414 g/mol. The van der Waals surface area contributed by atoms with E-state index < -0.39 is 6.04 Å². The fraction of sp³-hybridized carbons (Fsp3) is 0.269. The maximum Gasteiger partial charge on any atom is 0.254 e. The first-order valence-electron chi connectivity index (χ1n) is 10.8. The van der Waals surface area contributed by atoms with Gasteiger partial charge in [0, 0.05) is 44.0 Å². The first kappa shape index (κ1) is 20.8. The lowest BCUT2D eigenvalue weighted by molar-refractivity contribution is -0.140. The number of carbonyl (C=O) groups excluding carboxylic acids is 2. The second kappa shape index (κ2) is 9.56. The Morgan fingerprint density at radius 1 is 0.968 bits per heavy atom. The van der Waals surface area contributed by atoms with Crippen LogP contribution in [0, 0.1) is 0 Å². The van der Waals surface area contributed by atoms with E-state index >= 15 is 0 Å². The number of amides is 2. The van der Waals surface area contributed by atoms with E-state index in [2.05, 4.69) is 18.0 Å². The van der Waals surface area contributed by atoms with E-state index in [1.165, 1.54) is 0 Å². The molecule has 0 saturated carbocycles. The number of carbonyl (C=O) groups is 2. The standard InChI is InChI=1S/C26H27N3O2/c1-2-16-28-17-18-29(25(30)21-8-4-3-5-9-21)24(26(28)31)19-22-10-6-7-11-23(22)20-12-14-27-15-13-20/h3-15,24H,2,16-19H2,1H3/t24-/m0/s1. The van der Waals surface area contributed by atoms with Gasteiger partial charge in [0.1, 0.15) is 6.04 Å². The smallest absolute Gasteiger partial charge is 0.254 e. The average Bonchev–Trinajstić information content (AvgIpc) is 2.83. The number of benzene rings is 2. The molecule has 1 saturated heterocycles. The molecule has 5 heteroatoms. The number of pyridine rings is 1. The van der Waals surface area contributed by atoms with Crippen molar-refractivity contribution in [2.24, 2.45) is 0 Å². The summed E-state index contributed by atoms with van der Waals surface area (Å²) in [6, 6.07) is 20.7. The molecule has 2 heterocycles. The third-order valence-electron chi connectivity index (χ3n) is 5.78. The summed E-state index contributed by atoms with van der Waals surface area (Å²) in [5.41, 5.74) is 3.79. The molecule has 0 unspecified atom stereocenters. The lowest BCUT2D eigenvalue weighted by atomic mass is 9.93. The van der Waals surface area contributed by atoms with E-state index in [9.17, 15) is 9.59 Å². The zero-order chi connectivity index (χ0) is 21.6. The van der Waals surface area contributed by atoms with Gasteiger partial charge in [-0.25, -0.2) is 0 Å². The van der Waals surface area contributed by atoms with Gasteiger partial charge in [-0.3, -0.25) is 14.6 Å². The largest absolute Gasteiger partial charge is 0.339 e. The fourth-order valence-electron chi connectivity index (χ4n) is 4.24. The first-order valence-corrected chi connectivity index (χ1v) is 10.8. The van der Waals surface area contributed by atoms with E-state index in [0.29, 0.717) is 31.6 Å². The normalized spacial score (nSPS) is 16.4. The topological polar surface area (TPSA) is 53.5 Å². The second-order valence-corrected chi connectivity index (χ2v) is 7.80. The highest BCUT2D eigenvalue weighted by atomic mass is 16.2. The summed E-state index contributed by atoms with van der Waals surface area (Å²) >= 11 is 0. The molecule has 1 aromatic heterocycles. The Morgan fingerprint density at radius 3 is 2.42 bits per heavy atom. The van der Waals surface area contributed by atoms with Crippen molar-refractivity contribution in [1.29, 1.82) is 0 Å². The summed E-state index contributed by atoms with van der Waals surface area (Å²) in [6.07, 6.45) is 4.92. The Morgan fingerprint density at radius 2 is 1.68 bits per heavy atom. The van der Waals surface area contributed by atoms with Crippen LogP contribution in [0.5, 0.6) is 0 Å². The number of aromatic nitrogens is 1. The van der Waals surface area contributed by atoms with Crippen LogP contribution in [-0.4, -0.2) is 52.3 Å². The molecule has 0 bridgehead atoms. The van der Waals surface area contributed by atoms with E-state index in [0.717, 1.165) is 23.1 Å². The van der Waals surface area contributed by atoms with Crippen molar-refractivity contribution >= 4 is 11.8 Å². The number of hydrogen-bond donors (Lipinski definition) is 0. The lowest BCUT2D eigenvalue weighted by Gasteiger charge is -2.41. The molecule has 1 fully saturated rings. The second-order valence-electron chi connectivity index (χ2n) is 7.80. The fourth-order valence-corrected chi connectivity index (χ4v) is 4.24. The maximum atomic E-state index is 13.4. The summed E-state index contributed by atoms with van der Waals surface area (Å²) in [7, 11) is 0. The van der Waals surface area contributed by atoms with Gasteiger partial charge in [0.15, 0.2) is 0 Å². The van der Waals surface area contributed by atoms with E-state index in [1.54, 1.807) is 17.3 Å². The minimum atomic E-state index is -0.518. The molecule has 0 N–H and O–H groups in total. The molecule has 0 aliphatic carbocycles. The molecule has 31 heavy (non-hydrogen) atoms. The lowest BCUT2D eigenvalue weighted by Crippen LogP contribution is -2.59. The van der Waals surface area contributed by atoms with Crippen LogP contribution in [0.2, 0.25) is 0 Å². The molecule has 1 aliphatic rings. The summed E-state index contributed by atoms with van der Waals surface area (Å²) in [6.45, 7) is 3.91. The predicted octanol–water partition coefficient (Wildman–Crippen LogP) is 4.05. The molecule has 158 valence electrons. The van der Waals surface area contributed by atoms with Crippen LogP contribution in [0.25, 0.3) is 11.1 Å². The van der Waals surface area contributed by atoms with Crippen molar-refractivity contribution in [2.75, 3.05) is 19.6 Å². The van der Waals surface area contributed by atoms with Gasteiger partial charge in [-0.1, -0.05) is 49.4 Å². The SMILES string of the molecule is CCCN1CCN(C(=O)c2ccccc2)[C@@H](Cc2ccccc2-c2ccncc2)C1=O. The highest BCUT2D eigenvalue weighted by Gasteiger charge is 2.37. The minimum Gasteiger partial charge on any atom is -0.339 e. The number of hydrogen-bond acceptors (Lipinski definition) is 3. The molecule has 4 rings (SSSR count). The monoisotopic (exact) mass is 413 g/mol. The molecular weight excluding hydrogens is 386 g/mol. The summed E-state index contributed by atoms with van der Waals surface area (Å²) in [5.74, 6) is -0.0570. The number of piperazine rings is 1. The van der Waals surface area contributed by atoms with Crippen LogP contribution >= 0.6 is 0 Å². The van der Waals surface area contributed by atoms with Gasteiger partial charge in [-0.15, -0.1) is 0 Å². The van der Waals surface area contributed by atoms with Crippen LogP contribution in [0.3, 0.4) is 0 Å². The van der Waals surface area contributed by atoms with Crippen molar-refractivity contribution in [3.05, 3.63) is 90.3 Å². The van der Waals surface area contributed by atoms with E-state index in [-0.39, 0.29) is 11.8 Å². The molecule has 1 atom stereocenters. The summed E-state index contributed by atoms with van der Waals surface area (Å²) < 4.78 is 0. The molecule has 2 amide bonds. The molecule has 2 aromatic carbocycles. The van der Waals surface area contributed by atoms with Crippen LogP contribution in [-0.2, 0) is 11.2 Å². The molecule has 1 aliphatic heterocycles. The van der Waals surface area contributed by atoms with Gasteiger partial charge in [0.2, 0.25) is 5.91 Å². The van der Waals surface area contributed by atoms with Crippen LogP contribution in [0.1, 0.15) is 29.3 Å². The van der Waals surface area contributed by atoms with Crippen molar-refractivity contribution in [3.63, 3.8) is 0 Å². The predicted molar refractivity (Wildman–Crippen MR) is 122 cm³/mol. The van der Waals surface area contributed by atoms with E-state index in [1.807, 2.05) is 65.6 Å². The van der Waals surface area contributed by atoms with Crippen LogP contribution in [0.4, 0.5) is 0 Å². The third-order valence-corrected chi connectivity index (χ3v) is 5.78. The first-order chi connectivity index (χ1) is 15.2. The molecular formula is C26H27N3O2. The van der Waals surface area contributed by atoms with Gasteiger partial charge < -0.3 is 9.80 Å². The van der Waals surface area contributed by atoms with Crippen LogP contribution in [0.15, 0.2) is 79.1 Å². The maximum absolute atomic E-state index is 13.4. The van der Waals surface area contributed by atoms with Crippen molar-refractivity contribution in [3.8, 4) is 11.1 Å². The summed E-state index contributed by atoms with van der Waals surface area (Å²) in [5, 5.41) is 0. The van der Waals surface area contributed by atoms with Crippen molar-refractivity contribution < 1.29 is 9.59 Å². The highest BCUT2D eigenvalue weighted by molar-refractivity contribution is 5.98. The molecule has 0 radical (unpaired) electrons. The zero-order valence-corrected chi connectivity index (χ0v) is 17.8.